The molecule has 4 aliphatic rings. The highest BCUT2D eigenvalue weighted by molar-refractivity contribution is 8.01. The summed E-state index contributed by atoms with van der Waals surface area (Å²) in [5.74, 6) is 2.08. The summed E-state index contributed by atoms with van der Waals surface area (Å²) in [5, 5.41) is 1.13. The SMILES string of the molecule is c1ccc2c(c1)OC1=C(CCCC1)N2c1ccc2c(c1)Sc1cccc3c1B2c1cc(-c2cccc4ccoc24)ccc1S3. The number of fused-ring (bicyclic) bond motifs is 6. The van der Waals surface area contributed by atoms with Gasteiger partial charge < -0.3 is 14.1 Å². The predicted octanol–water partition coefficient (Wildman–Crippen LogP) is 8.86. The van der Waals surface area contributed by atoms with Crippen LogP contribution in [0.5, 0.6) is 5.75 Å². The van der Waals surface area contributed by atoms with Gasteiger partial charge in [0.25, 0.3) is 0 Å². The molecule has 0 amide bonds. The zero-order chi connectivity index (χ0) is 28.8. The Morgan fingerprint density at radius 1 is 0.682 bits per heavy atom. The van der Waals surface area contributed by atoms with E-state index in [1.54, 1.807) is 6.26 Å². The maximum Gasteiger partial charge on any atom is 0.247 e. The molecule has 10 rings (SSSR count). The Morgan fingerprint density at radius 2 is 1.55 bits per heavy atom. The van der Waals surface area contributed by atoms with Gasteiger partial charge in [0.2, 0.25) is 6.71 Å². The molecule has 1 aromatic heterocycles. The summed E-state index contributed by atoms with van der Waals surface area (Å²) < 4.78 is 12.4. The highest BCUT2D eigenvalue weighted by atomic mass is 32.2. The number of benzene rings is 5. The van der Waals surface area contributed by atoms with Crippen molar-refractivity contribution in [3.8, 4) is 16.9 Å². The first kappa shape index (κ1) is 25.1. The van der Waals surface area contributed by atoms with Gasteiger partial charge in [0.15, 0.2) is 5.75 Å². The summed E-state index contributed by atoms with van der Waals surface area (Å²) in [7, 11) is 0. The van der Waals surface area contributed by atoms with E-state index in [-0.39, 0.29) is 6.71 Å². The van der Waals surface area contributed by atoms with Gasteiger partial charge in [-0.1, -0.05) is 89.0 Å². The monoisotopic (exact) mass is 603 g/mol. The van der Waals surface area contributed by atoms with Gasteiger partial charge in [-0.3, -0.25) is 0 Å². The minimum Gasteiger partial charge on any atom is -0.464 e. The van der Waals surface area contributed by atoms with E-state index >= 15 is 0 Å². The highest BCUT2D eigenvalue weighted by Crippen LogP contribution is 2.47. The molecule has 0 radical (unpaired) electrons. The molecule has 0 N–H and O–H groups in total. The van der Waals surface area contributed by atoms with Crippen LogP contribution in [0.1, 0.15) is 25.7 Å². The summed E-state index contributed by atoms with van der Waals surface area (Å²) >= 11 is 3.81. The summed E-state index contributed by atoms with van der Waals surface area (Å²) in [6.45, 7) is 0.180. The van der Waals surface area contributed by atoms with E-state index in [9.17, 15) is 0 Å². The van der Waals surface area contributed by atoms with Crippen LogP contribution in [0, 0.1) is 0 Å². The Balaban J connectivity index is 1.14. The first-order valence-corrected chi connectivity index (χ1v) is 17.0. The van der Waals surface area contributed by atoms with Crippen molar-refractivity contribution in [3.05, 3.63) is 121 Å². The second-order valence-electron chi connectivity index (χ2n) is 11.9. The lowest BCUT2D eigenvalue weighted by Crippen LogP contribution is -2.58. The smallest absolute Gasteiger partial charge is 0.247 e. The van der Waals surface area contributed by atoms with Crippen LogP contribution in [0.25, 0.3) is 22.1 Å². The molecule has 3 nitrogen and oxygen atoms in total. The Hall–Kier alpha value is -4.26. The van der Waals surface area contributed by atoms with Crippen molar-refractivity contribution in [2.24, 2.45) is 0 Å². The fraction of sp³-hybridized carbons (Fsp3) is 0.105. The van der Waals surface area contributed by atoms with E-state index in [2.05, 4.69) is 102 Å². The molecule has 0 fully saturated rings. The van der Waals surface area contributed by atoms with Crippen LogP contribution in [0.2, 0.25) is 0 Å². The molecule has 44 heavy (non-hydrogen) atoms. The molecule has 0 bridgehead atoms. The molecule has 1 aliphatic carbocycles. The van der Waals surface area contributed by atoms with Crippen LogP contribution in [0.3, 0.4) is 0 Å². The number of hydrogen-bond donors (Lipinski definition) is 0. The summed E-state index contributed by atoms with van der Waals surface area (Å²) in [6.07, 6.45) is 6.21. The van der Waals surface area contributed by atoms with Crippen molar-refractivity contribution in [2.75, 3.05) is 4.90 Å². The van der Waals surface area contributed by atoms with E-state index in [1.807, 2.05) is 29.6 Å². The van der Waals surface area contributed by atoms with E-state index in [0.717, 1.165) is 46.6 Å². The maximum atomic E-state index is 6.43. The summed E-state index contributed by atoms with van der Waals surface area (Å²) in [4.78, 5) is 7.84. The number of rotatable bonds is 2. The molecule has 0 saturated carbocycles. The minimum absolute atomic E-state index is 0.180. The van der Waals surface area contributed by atoms with Crippen LogP contribution in [-0.4, -0.2) is 6.71 Å². The highest BCUT2D eigenvalue weighted by Gasteiger charge is 2.39. The van der Waals surface area contributed by atoms with E-state index in [1.165, 1.54) is 65.8 Å². The molecule has 4 heterocycles. The lowest BCUT2D eigenvalue weighted by molar-refractivity contribution is 0.363. The fourth-order valence-electron chi connectivity index (χ4n) is 7.46. The van der Waals surface area contributed by atoms with Gasteiger partial charge in [0, 0.05) is 42.6 Å². The van der Waals surface area contributed by atoms with Crippen molar-refractivity contribution in [1.82, 2.24) is 0 Å². The number of nitrogens with zero attached hydrogens (tertiary/aromatic N) is 1. The molecule has 0 saturated heterocycles. The third-order valence-corrected chi connectivity index (χ3v) is 11.7. The third kappa shape index (κ3) is 3.68. The quantitative estimate of drug-likeness (QED) is 0.184. The second-order valence-corrected chi connectivity index (χ2v) is 14.1. The van der Waals surface area contributed by atoms with E-state index in [0.29, 0.717) is 0 Å². The first-order chi connectivity index (χ1) is 21.8. The Labute approximate surface area is 265 Å². The zero-order valence-electron chi connectivity index (χ0n) is 23.9. The fourth-order valence-corrected chi connectivity index (χ4v) is 9.88. The third-order valence-electron chi connectivity index (χ3n) is 9.43. The average molecular weight is 604 g/mol. The van der Waals surface area contributed by atoms with Gasteiger partial charge >= 0.3 is 0 Å². The van der Waals surface area contributed by atoms with Gasteiger partial charge in [-0.25, -0.2) is 0 Å². The molecule has 3 aliphatic heterocycles. The number of anilines is 2. The van der Waals surface area contributed by atoms with Gasteiger partial charge in [-0.15, -0.1) is 0 Å². The number of ether oxygens (including phenoxy) is 1. The summed E-state index contributed by atoms with van der Waals surface area (Å²) in [6, 6.07) is 37.9. The number of furan rings is 1. The van der Waals surface area contributed by atoms with Gasteiger partial charge in [0.05, 0.1) is 17.6 Å². The maximum absolute atomic E-state index is 6.43. The second kappa shape index (κ2) is 9.62. The van der Waals surface area contributed by atoms with Crippen LogP contribution >= 0.6 is 23.5 Å². The number of para-hydroxylation sites is 3. The van der Waals surface area contributed by atoms with Crippen molar-refractivity contribution < 1.29 is 9.15 Å². The molecule has 6 heteroatoms. The van der Waals surface area contributed by atoms with E-state index < -0.39 is 0 Å². The predicted molar refractivity (Wildman–Crippen MR) is 182 cm³/mol. The largest absolute Gasteiger partial charge is 0.464 e. The number of allylic oxidation sites excluding steroid dienone is 2. The van der Waals surface area contributed by atoms with Crippen molar-refractivity contribution in [1.29, 1.82) is 0 Å². The molecular weight excluding hydrogens is 577 g/mol. The number of hydrogen-bond acceptors (Lipinski definition) is 5. The lowest BCUT2D eigenvalue weighted by Gasteiger charge is -2.38. The Bertz CT molecular complexity index is 2200. The first-order valence-electron chi connectivity index (χ1n) is 15.3. The van der Waals surface area contributed by atoms with Gasteiger partial charge in [0.1, 0.15) is 11.3 Å². The van der Waals surface area contributed by atoms with Crippen LogP contribution in [0.15, 0.2) is 145 Å². The lowest BCUT2D eigenvalue weighted by atomic mass is 9.36. The van der Waals surface area contributed by atoms with Crippen molar-refractivity contribution in [2.45, 2.75) is 45.3 Å². The van der Waals surface area contributed by atoms with Crippen molar-refractivity contribution in [3.63, 3.8) is 0 Å². The zero-order valence-corrected chi connectivity index (χ0v) is 25.5. The molecule has 5 aromatic carbocycles. The van der Waals surface area contributed by atoms with Crippen molar-refractivity contribution >= 4 is 69.0 Å². The average Bonchev–Trinajstić information content (AvgIpc) is 3.56. The molecule has 0 spiro atoms. The van der Waals surface area contributed by atoms with Crippen LogP contribution in [0.4, 0.5) is 11.4 Å². The van der Waals surface area contributed by atoms with Crippen LogP contribution < -0.4 is 26.0 Å². The molecule has 6 aromatic rings. The summed E-state index contributed by atoms with van der Waals surface area (Å²) in [5.41, 5.74) is 11.1. The van der Waals surface area contributed by atoms with Gasteiger partial charge in [-0.05, 0) is 78.8 Å². The molecule has 210 valence electrons. The topological polar surface area (TPSA) is 25.6 Å². The normalized spacial score (nSPS) is 16.1. The Morgan fingerprint density at radius 3 is 2.50 bits per heavy atom. The molecule has 0 unspecified atom stereocenters. The standard InChI is InChI=1S/C38H26BNO2S2/c1-3-11-31-29(9-1)40(30-10-2-4-12-32(30)42-31)25-16-17-27-36(22-25)44-35-14-6-13-34-37(35)39(27)28-21-24(15-18-33(28)43-34)26-8-5-7-23-19-20-41-38(23)26/h1,3,5-9,11,13-22H,2,4,10,12H2. The Kier molecular flexibility index (Phi) is 5.49. The molecular formula is C38H26BNO2S2. The van der Waals surface area contributed by atoms with Gasteiger partial charge in [-0.2, -0.15) is 0 Å². The van der Waals surface area contributed by atoms with E-state index in [4.69, 9.17) is 9.15 Å². The van der Waals surface area contributed by atoms with Crippen LogP contribution in [-0.2, 0) is 0 Å². The minimum atomic E-state index is 0.180. The molecule has 0 atom stereocenters.